The lowest BCUT2D eigenvalue weighted by Gasteiger charge is -2.28. The Hall–Kier alpha value is -0.770. The first-order valence-corrected chi connectivity index (χ1v) is 5.17. The normalized spacial score (nSPS) is 15.1. The summed E-state index contributed by atoms with van der Waals surface area (Å²) < 4.78 is 0. The molecule has 0 radical (unpaired) electrons. The Morgan fingerprint density at radius 3 is 2.43 bits per heavy atom. The smallest absolute Gasteiger partial charge is 0.140 e. The van der Waals surface area contributed by atoms with Gasteiger partial charge in [-0.1, -0.05) is 25.9 Å². The maximum absolute atomic E-state index is 8.49. The van der Waals surface area contributed by atoms with Gasteiger partial charge in [0, 0.05) is 19.0 Å². The zero-order valence-electron chi connectivity index (χ0n) is 9.70. The van der Waals surface area contributed by atoms with Gasteiger partial charge in [-0.05, 0) is 19.4 Å². The van der Waals surface area contributed by atoms with Gasteiger partial charge in [-0.15, -0.1) is 0 Å². The average Bonchev–Trinajstić information content (AvgIpc) is 2.12. The lowest BCUT2D eigenvalue weighted by Crippen LogP contribution is -2.37. The molecule has 0 spiro atoms. The SMILES string of the molecule is CCC(C/C(N)=N/O)N(C)CC(C)C. The first-order valence-electron chi connectivity index (χ1n) is 5.17. The van der Waals surface area contributed by atoms with Crippen molar-refractivity contribution < 1.29 is 5.21 Å². The van der Waals surface area contributed by atoms with Gasteiger partial charge in [-0.3, -0.25) is 0 Å². The molecule has 0 aliphatic rings. The standard InChI is InChI=1S/C10H23N3O/c1-5-9(6-10(11)12-14)13(4)7-8(2)3/h8-9,14H,5-7H2,1-4H3,(H2,11,12). The third-order valence-electron chi connectivity index (χ3n) is 2.32. The topological polar surface area (TPSA) is 61.9 Å². The molecule has 0 heterocycles. The van der Waals surface area contributed by atoms with E-state index >= 15 is 0 Å². The molecule has 0 aromatic heterocycles. The van der Waals surface area contributed by atoms with Crippen molar-refractivity contribution in [3.05, 3.63) is 0 Å². The second-order valence-corrected chi connectivity index (χ2v) is 4.19. The molecule has 1 atom stereocenters. The molecule has 3 N–H and O–H groups in total. The molecular formula is C10H23N3O. The van der Waals surface area contributed by atoms with E-state index in [4.69, 9.17) is 10.9 Å². The van der Waals surface area contributed by atoms with Gasteiger partial charge in [-0.25, -0.2) is 0 Å². The van der Waals surface area contributed by atoms with Crippen molar-refractivity contribution in [1.29, 1.82) is 0 Å². The summed E-state index contributed by atoms with van der Waals surface area (Å²) in [6, 6.07) is 0.369. The summed E-state index contributed by atoms with van der Waals surface area (Å²) in [4.78, 5) is 2.27. The molecule has 1 unspecified atom stereocenters. The predicted molar refractivity (Wildman–Crippen MR) is 59.6 cm³/mol. The minimum atomic E-state index is 0.312. The van der Waals surface area contributed by atoms with Crippen LogP contribution in [0.2, 0.25) is 0 Å². The third-order valence-corrected chi connectivity index (χ3v) is 2.32. The van der Waals surface area contributed by atoms with Crippen LogP contribution >= 0.6 is 0 Å². The Labute approximate surface area is 86.8 Å². The summed E-state index contributed by atoms with van der Waals surface area (Å²) in [7, 11) is 2.08. The van der Waals surface area contributed by atoms with E-state index in [2.05, 4.69) is 37.9 Å². The molecule has 14 heavy (non-hydrogen) atoms. The number of rotatable bonds is 6. The van der Waals surface area contributed by atoms with Crippen LogP contribution in [0.25, 0.3) is 0 Å². The number of hydrogen-bond donors (Lipinski definition) is 2. The fraction of sp³-hybridized carbons (Fsp3) is 0.900. The highest BCUT2D eigenvalue weighted by Crippen LogP contribution is 2.09. The zero-order valence-corrected chi connectivity index (χ0v) is 9.70. The van der Waals surface area contributed by atoms with E-state index in [9.17, 15) is 0 Å². The molecular weight excluding hydrogens is 178 g/mol. The van der Waals surface area contributed by atoms with Gasteiger partial charge in [0.2, 0.25) is 0 Å². The van der Waals surface area contributed by atoms with Crippen molar-refractivity contribution in [3.8, 4) is 0 Å². The highest BCUT2D eigenvalue weighted by molar-refractivity contribution is 5.80. The van der Waals surface area contributed by atoms with Crippen LogP contribution in [0.4, 0.5) is 0 Å². The van der Waals surface area contributed by atoms with Crippen LogP contribution in [0.1, 0.15) is 33.6 Å². The van der Waals surface area contributed by atoms with Crippen LogP contribution in [0.15, 0.2) is 5.16 Å². The first-order chi connectivity index (χ1) is 6.51. The molecule has 0 saturated carbocycles. The van der Waals surface area contributed by atoms with E-state index in [1.807, 2.05) is 0 Å². The summed E-state index contributed by atoms with van der Waals surface area (Å²) in [6.45, 7) is 7.53. The van der Waals surface area contributed by atoms with Gasteiger partial charge >= 0.3 is 0 Å². The Balaban J connectivity index is 4.11. The number of nitrogens with two attached hydrogens (primary N) is 1. The Bertz CT molecular complexity index is 180. The van der Waals surface area contributed by atoms with E-state index in [-0.39, 0.29) is 0 Å². The highest BCUT2D eigenvalue weighted by atomic mass is 16.4. The molecule has 84 valence electrons. The van der Waals surface area contributed by atoms with Crippen LogP contribution in [0, 0.1) is 5.92 Å². The van der Waals surface area contributed by atoms with E-state index in [1.165, 1.54) is 0 Å². The summed E-state index contributed by atoms with van der Waals surface area (Å²) in [6.07, 6.45) is 1.65. The number of nitrogens with zero attached hydrogens (tertiary/aromatic N) is 2. The molecule has 0 amide bonds. The van der Waals surface area contributed by atoms with Gasteiger partial charge in [-0.2, -0.15) is 0 Å². The molecule has 4 nitrogen and oxygen atoms in total. The molecule has 0 aromatic rings. The van der Waals surface area contributed by atoms with E-state index in [1.54, 1.807) is 0 Å². The fourth-order valence-corrected chi connectivity index (χ4v) is 1.62. The average molecular weight is 201 g/mol. The van der Waals surface area contributed by atoms with Crippen LogP contribution in [-0.4, -0.2) is 35.6 Å². The Morgan fingerprint density at radius 2 is 2.07 bits per heavy atom. The molecule has 0 aliphatic heterocycles. The predicted octanol–water partition coefficient (Wildman–Crippen LogP) is 1.49. The van der Waals surface area contributed by atoms with E-state index in [0.717, 1.165) is 13.0 Å². The molecule has 0 aliphatic carbocycles. The van der Waals surface area contributed by atoms with Crippen molar-refractivity contribution in [2.24, 2.45) is 16.8 Å². The van der Waals surface area contributed by atoms with E-state index in [0.29, 0.717) is 24.2 Å². The van der Waals surface area contributed by atoms with E-state index < -0.39 is 0 Å². The minimum Gasteiger partial charge on any atom is -0.409 e. The van der Waals surface area contributed by atoms with Gasteiger partial charge in [0.05, 0.1) is 0 Å². The molecule has 0 bridgehead atoms. The summed E-state index contributed by atoms with van der Waals surface area (Å²) in [5, 5.41) is 11.5. The van der Waals surface area contributed by atoms with Crippen molar-refractivity contribution >= 4 is 5.84 Å². The quantitative estimate of drug-likeness (QED) is 0.296. The highest BCUT2D eigenvalue weighted by Gasteiger charge is 2.15. The van der Waals surface area contributed by atoms with Gasteiger partial charge in [0.1, 0.15) is 5.84 Å². The second-order valence-electron chi connectivity index (χ2n) is 4.19. The Kier molecular flexibility index (Phi) is 6.28. The maximum atomic E-state index is 8.49. The van der Waals surface area contributed by atoms with Crippen LogP contribution in [0.5, 0.6) is 0 Å². The fourth-order valence-electron chi connectivity index (χ4n) is 1.62. The van der Waals surface area contributed by atoms with Gasteiger partial charge < -0.3 is 15.8 Å². The maximum Gasteiger partial charge on any atom is 0.140 e. The first kappa shape index (κ1) is 13.2. The zero-order chi connectivity index (χ0) is 11.1. The third kappa shape index (κ3) is 5.07. The van der Waals surface area contributed by atoms with Crippen molar-refractivity contribution in [2.45, 2.75) is 39.7 Å². The van der Waals surface area contributed by atoms with Crippen molar-refractivity contribution in [1.82, 2.24) is 4.90 Å². The number of oxime groups is 1. The minimum absolute atomic E-state index is 0.312. The van der Waals surface area contributed by atoms with Gasteiger partial charge in [0.15, 0.2) is 0 Å². The van der Waals surface area contributed by atoms with Crippen LogP contribution < -0.4 is 5.73 Å². The molecule has 0 fully saturated rings. The molecule has 0 rings (SSSR count). The number of hydrogen-bond acceptors (Lipinski definition) is 3. The molecule has 4 heteroatoms. The van der Waals surface area contributed by atoms with Crippen molar-refractivity contribution in [3.63, 3.8) is 0 Å². The second kappa shape index (κ2) is 6.65. The lowest BCUT2D eigenvalue weighted by molar-refractivity contribution is 0.214. The Morgan fingerprint density at radius 1 is 1.50 bits per heavy atom. The summed E-state index contributed by atoms with van der Waals surface area (Å²) in [5.41, 5.74) is 5.49. The van der Waals surface area contributed by atoms with Gasteiger partial charge in [0.25, 0.3) is 0 Å². The van der Waals surface area contributed by atoms with Crippen LogP contribution in [0.3, 0.4) is 0 Å². The van der Waals surface area contributed by atoms with Crippen LogP contribution in [-0.2, 0) is 0 Å². The lowest BCUT2D eigenvalue weighted by atomic mass is 10.1. The monoisotopic (exact) mass is 201 g/mol. The molecule has 0 aromatic carbocycles. The summed E-state index contributed by atoms with van der Waals surface area (Å²) >= 11 is 0. The van der Waals surface area contributed by atoms with Crippen molar-refractivity contribution in [2.75, 3.05) is 13.6 Å². The largest absolute Gasteiger partial charge is 0.409 e. The number of amidine groups is 1. The molecule has 0 saturated heterocycles. The summed E-state index contributed by atoms with van der Waals surface area (Å²) in [5.74, 6) is 0.953.